The van der Waals surface area contributed by atoms with E-state index in [1.807, 2.05) is 0 Å². The number of thiocarbonyl (C=S) groups is 1. The zero-order chi connectivity index (χ0) is 17.1. The molecule has 1 aliphatic heterocycles. The lowest BCUT2D eigenvalue weighted by molar-refractivity contribution is -0.146. The summed E-state index contributed by atoms with van der Waals surface area (Å²) in [6, 6.07) is 1.97. The number of halogens is 1. The number of carbonyl (C=O) groups is 3. The van der Waals surface area contributed by atoms with Gasteiger partial charge in [-0.1, -0.05) is 24.0 Å². The zero-order valence-corrected chi connectivity index (χ0v) is 14.6. The molecule has 2 N–H and O–H groups in total. The first-order valence-corrected chi connectivity index (χ1v) is 8.28. The number of carboxylic acids is 2. The van der Waals surface area contributed by atoms with Crippen LogP contribution >= 0.6 is 39.9 Å². The van der Waals surface area contributed by atoms with E-state index in [2.05, 4.69) is 15.9 Å². The average Bonchev–Trinajstić information content (AvgIpc) is 2.96. The van der Waals surface area contributed by atoms with Crippen molar-refractivity contribution >= 4 is 68.2 Å². The van der Waals surface area contributed by atoms with Crippen LogP contribution in [0, 0.1) is 0 Å². The molecule has 0 bridgehead atoms. The van der Waals surface area contributed by atoms with Gasteiger partial charge in [0.1, 0.15) is 16.1 Å². The Hall–Kier alpha value is -1.65. The van der Waals surface area contributed by atoms with Crippen molar-refractivity contribution < 1.29 is 29.0 Å². The molecule has 1 aromatic heterocycles. The number of aliphatic carboxylic acids is 2. The molecule has 1 aliphatic rings. The maximum absolute atomic E-state index is 12.4. The standard InChI is InChI=1S/C13H10BrNO6S2/c14-9-3-1-6(21-9)5-8-11(18)15(13(22)23-8)7(12(19)20)2-4-10(16)17/h1,3,5,7H,2,4H2,(H,16,17)(H,19,20). The lowest BCUT2D eigenvalue weighted by atomic mass is 10.1. The van der Waals surface area contributed by atoms with Crippen molar-refractivity contribution in [2.75, 3.05) is 0 Å². The molecule has 1 amide bonds. The fraction of sp³-hybridized carbons (Fsp3) is 0.231. The molecule has 2 heterocycles. The first-order valence-electron chi connectivity index (χ1n) is 6.26. The summed E-state index contributed by atoms with van der Waals surface area (Å²) in [5.74, 6) is -2.61. The van der Waals surface area contributed by atoms with E-state index in [0.717, 1.165) is 16.7 Å². The summed E-state index contributed by atoms with van der Waals surface area (Å²) < 4.78 is 5.83. The average molecular weight is 420 g/mol. The van der Waals surface area contributed by atoms with Gasteiger partial charge in [0.15, 0.2) is 4.67 Å². The van der Waals surface area contributed by atoms with Crippen LogP contribution in [0.5, 0.6) is 0 Å². The van der Waals surface area contributed by atoms with Gasteiger partial charge in [0, 0.05) is 12.5 Å². The second-order valence-electron chi connectivity index (χ2n) is 4.48. The van der Waals surface area contributed by atoms with Crippen molar-refractivity contribution in [2.45, 2.75) is 18.9 Å². The van der Waals surface area contributed by atoms with Gasteiger partial charge in [-0.2, -0.15) is 0 Å². The molecule has 7 nitrogen and oxygen atoms in total. The quantitative estimate of drug-likeness (QED) is 0.534. The topological polar surface area (TPSA) is 108 Å². The monoisotopic (exact) mass is 419 g/mol. The number of furan rings is 1. The molecule has 122 valence electrons. The van der Waals surface area contributed by atoms with Crippen LogP contribution in [-0.4, -0.2) is 43.3 Å². The van der Waals surface area contributed by atoms with Gasteiger partial charge in [-0.05, 0) is 34.5 Å². The summed E-state index contributed by atoms with van der Waals surface area (Å²) in [6.45, 7) is 0. The Morgan fingerprint density at radius 2 is 2.13 bits per heavy atom. The van der Waals surface area contributed by atoms with Crippen LogP contribution in [0.25, 0.3) is 6.08 Å². The Balaban J connectivity index is 2.24. The summed E-state index contributed by atoms with van der Waals surface area (Å²) >= 11 is 9.16. The van der Waals surface area contributed by atoms with Crippen LogP contribution in [0.15, 0.2) is 26.1 Å². The maximum Gasteiger partial charge on any atom is 0.326 e. The van der Waals surface area contributed by atoms with Crippen LogP contribution in [0.1, 0.15) is 18.6 Å². The molecule has 1 unspecified atom stereocenters. The Morgan fingerprint density at radius 3 is 2.65 bits per heavy atom. The van der Waals surface area contributed by atoms with E-state index < -0.39 is 23.9 Å². The summed E-state index contributed by atoms with van der Waals surface area (Å²) in [5, 5.41) is 18.0. The molecule has 0 aliphatic carbocycles. The lowest BCUT2D eigenvalue weighted by Crippen LogP contribution is -2.44. The third-order valence-electron chi connectivity index (χ3n) is 2.92. The zero-order valence-electron chi connectivity index (χ0n) is 11.4. The van der Waals surface area contributed by atoms with E-state index in [1.54, 1.807) is 12.1 Å². The first-order chi connectivity index (χ1) is 10.8. The predicted octanol–water partition coefficient (Wildman–Crippen LogP) is 2.56. The van der Waals surface area contributed by atoms with E-state index in [4.69, 9.17) is 21.7 Å². The molecule has 0 radical (unpaired) electrons. The van der Waals surface area contributed by atoms with E-state index >= 15 is 0 Å². The van der Waals surface area contributed by atoms with Crippen molar-refractivity contribution in [3.63, 3.8) is 0 Å². The highest BCUT2D eigenvalue weighted by molar-refractivity contribution is 9.10. The van der Waals surface area contributed by atoms with Crippen molar-refractivity contribution in [3.8, 4) is 0 Å². The number of hydrogen-bond donors (Lipinski definition) is 2. The minimum atomic E-state index is -1.31. The molecule has 1 aromatic rings. The Morgan fingerprint density at radius 1 is 1.43 bits per heavy atom. The Bertz CT molecular complexity index is 713. The Labute approximate surface area is 148 Å². The van der Waals surface area contributed by atoms with Gasteiger partial charge in [-0.15, -0.1) is 0 Å². The third-order valence-corrected chi connectivity index (χ3v) is 4.68. The highest BCUT2D eigenvalue weighted by Gasteiger charge is 2.40. The second kappa shape index (κ2) is 7.28. The van der Waals surface area contributed by atoms with Crippen LogP contribution in [0.4, 0.5) is 0 Å². The molecule has 1 saturated heterocycles. The van der Waals surface area contributed by atoms with Crippen molar-refractivity contribution in [1.29, 1.82) is 0 Å². The molecular weight excluding hydrogens is 410 g/mol. The normalized spacial score (nSPS) is 17.8. The van der Waals surface area contributed by atoms with Crippen LogP contribution in [-0.2, 0) is 14.4 Å². The number of rotatable bonds is 6. The fourth-order valence-corrected chi connectivity index (χ4v) is 3.56. The molecule has 1 atom stereocenters. The van der Waals surface area contributed by atoms with Gasteiger partial charge in [0.2, 0.25) is 0 Å². The molecule has 10 heteroatoms. The number of carboxylic acid groups (broad SMARTS) is 2. The van der Waals surface area contributed by atoms with E-state index in [1.165, 1.54) is 6.08 Å². The van der Waals surface area contributed by atoms with E-state index in [0.29, 0.717) is 10.4 Å². The van der Waals surface area contributed by atoms with Gasteiger partial charge in [0.25, 0.3) is 5.91 Å². The lowest BCUT2D eigenvalue weighted by Gasteiger charge is -2.22. The maximum atomic E-state index is 12.4. The number of carbonyl (C=O) groups excluding carboxylic acids is 1. The first kappa shape index (κ1) is 17.7. The number of hydrogen-bond acceptors (Lipinski definition) is 6. The van der Waals surface area contributed by atoms with Gasteiger partial charge in [-0.25, -0.2) is 4.79 Å². The van der Waals surface area contributed by atoms with E-state index in [9.17, 15) is 19.5 Å². The smallest absolute Gasteiger partial charge is 0.326 e. The minimum absolute atomic E-state index is 0.0738. The van der Waals surface area contributed by atoms with E-state index in [-0.39, 0.29) is 22.1 Å². The molecule has 23 heavy (non-hydrogen) atoms. The number of amides is 1. The molecular formula is C13H10BrNO6S2. The fourth-order valence-electron chi connectivity index (χ4n) is 1.91. The highest BCUT2D eigenvalue weighted by Crippen LogP contribution is 2.35. The van der Waals surface area contributed by atoms with Crippen LogP contribution in [0.2, 0.25) is 0 Å². The minimum Gasteiger partial charge on any atom is -0.481 e. The van der Waals surface area contributed by atoms with Gasteiger partial charge < -0.3 is 14.6 Å². The summed E-state index contributed by atoms with van der Waals surface area (Å²) in [5.41, 5.74) is 0. The van der Waals surface area contributed by atoms with Crippen LogP contribution < -0.4 is 0 Å². The van der Waals surface area contributed by atoms with Crippen molar-refractivity contribution in [2.24, 2.45) is 0 Å². The van der Waals surface area contributed by atoms with Crippen molar-refractivity contribution in [1.82, 2.24) is 4.90 Å². The van der Waals surface area contributed by atoms with Gasteiger partial charge >= 0.3 is 11.9 Å². The largest absolute Gasteiger partial charge is 0.481 e. The predicted molar refractivity (Wildman–Crippen MR) is 89.7 cm³/mol. The molecule has 2 rings (SSSR count). The highest BCUT2D eigenvalue weighted by atomic mass is 79.9. The third kappa shape index (κ3) is 4.21. The molecule has 1 fully saturated rings. The summed E-state index contributed by atoms with van der Waals surface area (Å²) in [4.78, 5) is 35.6. The number of thioether (sulfide) groups is 1. The SMILES string of the molecule is O=C(O)CCC(C(=O)O)N1C(=O)C(=Cc2ccc(Br)o2)SC1=S. The van der Waals surface area contributed by atoms with Gasteiger partial charge in [-0.3, -0.25) is 14.5 Å². The molecule has 0 spiro atoms. The van der Waals surface area contributed by atoms with Crippen molar-refractivity contribution in [3.05, 3.63) is 27.5 Å². The molecule has 0 aromatic carbocycles. The number of nitrogens with zero attached hydrogens (tertiary/aromatic N) is 1. The summed E-state index contributed by atoms with van der Waals surface area (Å²) in [6.07, 6.45) is 0.856. The summed E-state index contributed by atoms with van der Waals surface area (Å²) in [7, 11) is 0. The Kier molecular flexibility index (Phi) is 5.60. The van der Waals surface area contributed by atoms with Crippen LogP contribution in [0.3, 0.4) is 0 Å². The second-order valence-corrected chi connectivity index (χ2v) is 6.94. The van der Waals surface area contributed by atoms with Gasteiger partial charge in [0.05, 0.1) is 4.91 Å². The molecule has 0 saturated carbocycles.